The minimum absolute atomic E-state index is 0.0912. The van der Waals surface area contributed by atoms with Crippen LogP contribution in [-0.4, -0.2) is 22.8 Å². The van der Waals surface area contributed by atoms with Gasteiger partial charge >= 0.3 is 0 Å². The number of nitrogens with zero attached hydrogens (tertiary/aromatic N) is 2. The molecule has 5 nitrogen and oxygen atoms in total. The number of rotatable bonds is 5. The minimum atomic E-state index is -0.0912. The molecule has 1 aliphatic rings. The fourth-order valence-electron chi connectivity index (χ4n) is 2.18. The van der Waals surface area contributed by atoms with E-state index in [4.69, 9.17) is 15.0 Å². The molecule has 1 saturated heterocycles. The lowest BCUT2D eigenvalue weighted by molar-refractivity contribution is 0.0307. The second-order valence-corrected chi connectivity index (χ2v) is 5.76. The molecule has 3 rings (SSSR count). The normalized spacial score (nSPS) is 22.2. The van der Waals surface area contributed by atoms with Crippen LogP contribution < -0.4 is 5.73 Å². The predicted molar refractivity (Wildman–Crippen MR) is 76.2 cm³/mol. The van der Waals surface area contributed by atoms with Gasteiger partial charge in [-0.25, -0.2) is 0 Å². The molecule has 0 amide bonds. The molecule has 0 bridgehead atoms. The minimum Gasteiger partial charge on any atom is -0.364 e. The first-order valence-corrected chi connectivity index (χ1v) is 7.69. The van der Waals surface area contributed by atoms with Gasteiger partial charge in [-0.1, -0.05) is 23.4 Å². The van der Waals surface area contributed by atoms with Crippen molar-refractivity contribution in [1.82, 2.24) is 10.1 Å². The molecule has 0 saturated carbocycles. The summed E-state index contributed by atoms with van der Waals surface area (Å²) in [4.78, 5) is 5.61. The molecule has 2 aromatic rings. The summed E-state index contributed by atoms with van der Waals surface area (Å²) in [6, 6.07) is 10.2. The monoisotopic (exact) mass is 291 g/mol. The van der Waals surface area contributed by atoms with Crippen molar-refractivity contribution in [2.75, 3.05) is 6.54 Å². The molecule has 2 heterocycles. The van der Waals surface area contributed by atoms with E-state index in [0.717, 1.165) is 12.8 Å². The van der Waals surface area contributed by atoms with Gasteiger partial charge in [-0.15, -0.1) is 11.8 Å². The van der Waals surface area contributed by atoms with Crippen molar-refractivity contribution in [3.05, 3.63) is 42.0 Å². The first kappa shape index (κ1) is 13.6. The maximum absolute atomic E-state index is 5.74. The molecule has 6 heteroatoms. The highest BCUT2D eigenvalue weighted by molar-refractivity contribution is 7.98. The smallest absolute Gasteiger partial charge is 0.255 e. The highest BCUT2D eigenvalue weighted by Crippen LogP contribution is 2.31. The van der Waals surface area contributed by atoms with E-state index in [1.165, 1.54) is 4.90 Å². The molecule has 2 N–H and O–H groups in total. The van der Waals surface area contributed by atoms with E-state index < -0.39 is 0 Å². The second-order valence-electron chi connectivity index (χ2n) is 4.71. The average Bonchev–Trinajstić information content (AvgIpc) is 3.15. The number of benzene rings is 1. The van der Waals surface area contributed by atoms with Crippen LogP contribution in [0.2, 0.25) is 0 Å². The van der Waals surface area contributed by atoms with Gasteiger partial charge in [-0.3, -0.25) is 0 Å². The van der Waals surface area contributed by atoms with E-state index in [9.17, 15) is 0 Å². The molecule has 0 spiro atoms. The zero-order valence-electron chi connectivity index (χ0n) is 11.1. The van der Waals surface area contributed by atoms with Gasteiger partial charge in [0.1, 0.15) is 6.10 Å². The number of hydrogen-bond acceptors (Lipinski definition) is 6. The van der Waals surface area contributed by atoms with E-state index >= 15 is 0 Å². The van der Waals surface area contributed by atoms with Crippen molar-refractivity contribution in [3.63, 3.8) is 0 Å². The van der Waals surface area contributed by atoms with Gasteiger partial charge in [0.15, 0.2) is 5.82 Å². The molecule has 20 heavy (non-hydrogen) atoms. The lowest BCUT2D eigenvalue weighted by Crippen LogP contribution is -2.18. The van der Waals surface area contributed by atoms with Crippen LogP contribution in [0.25, 0.3) is 0 Å². The van der Waals surface area contributed by atoms with Gasteiger partial charge < -0.3 is 15.0 Å². The summed E-state index contributed by atoms with van der Waals surface area (Å²) < 4.78 is 11.0. The maximum Gasteiger partial charge on any atom is 0.255 e. The van der Waals surface area contributed by atoms with Crippen molar-refractivity contribution in [2.24, 2.45) is 5.73 Å². The summed E-state index contributed by atoms with van der Waals surface area (Å²) in [6.07, 6.45) is 1.88. The Kier molecular flexibility index (Phi) is 4.34. The van der Waals surface area contributed by atoms with Gasteiger partial charge in [-0.2, -0.15) is 4.98 Å². The summed E-state index contributed by atoms with van der Waals surface area (Å²) >= 11 is 1.69. The number of nitrogens with two attached hydrogens (primary N) is 1. The van der Waals surface area contributed by atoms with Crippen molar-refractivity contribution in [3.8, 4) is 0 Å². The first-order valence-electron chi connectivity index (χ1n) is 6.71. The molecule has 0 radical (unpaired) electrons. The van der Waals surface area contributed by atoms with Crippen molar-refractivity contribution in [1.29, 1.82) is 0 Å². The van der Waals surface area contributed by atoms with Crippen LogP contribution in [0.1, 0.15) is 30.7 Å². The Morgan fingerprint density at radius 3 is 2.85 bits per heavy atom. The molecule has 1 aromatic heterocycles. The van der Waals surface area contributed by atoms with Crippen LogP contribution in [0.15, 0.2) is 39.8 Å². The SMILES string of the molecule is NCC1CCC(c2nc(CSc3ccccc3)no2)O1. The third-order valence-electron chi connectivity index (χ3n) is 3.24. The maximum atomic E-state index is 5.74. The van der Waals surface area contributed by atoms with Crippen LogP contribution >= 0.6 is 11.8 Å². The molecule has 0 aliphatic carbocycles. The van der Waals surface area contributed by atoms with E-state index in [-0.39, 0.29) is 12.2 Å². The summed E-state index contributed by atoms with van der Waals surface area (Å²) in [5, 5.41) is 4.01. The molecule has 1 aliphatic heterocycles. The summed E-state index contributed by atoms with van der Waals surface area (Å²) in [7, 11) is 0. The largest absolute Gasteiger partial charge is 0.364 e. The molecule has 2 atom stereocenters. The quantitative estimate of drug-likeness (QED) is 0.853. The van der Waals surface area contributed by atoms with Crippen LogP contribution in [0, 0.1) is 0 Å². The Bertz CT molecular complexity index is 546. The van der Waals surface area contributed by atoms with Gasteiger partial charge in [0, 0.05) is 11.4 Å². The Balaban J connectivity index is 1.57. The van der Waals surface area contributed by atoms with Crippen LogP contribution in [0.5, 0.6) is 0 Å². The van der Waals surface area contributed by atoms with E-state index in [0.29, 0.717) is 24.0 Å². The van der Waals surface area contributed by atoms with Gasteiger partial charge in [0.05, 0.1) is 11.9 Å². The predicted octanol–water partition coefficient (Wildman–Crippen LogP) is 2.54. The van der Waals surface area contributed by atoms with Crippen LogP contribution in [-0.2, 0) is 10.5 Å². The second kappa shape index (κ2) is 6.39. The Morgan fingerprint density at radius 1 is 1.25 bits per heavy atom. The van der Waals surface area contributed by atoms with Crippen molar-refractivity contribution >= 4 is 11.8 Å². The zero-order valence-corrected chi connectivity index (χ0v) is 11.9. The summed E-state index contributed by atoms with van der Waals surface area (Å²) in [5.41, 5.74) is 5.60. The average molecular weight is 291 g/mol. The molecule has 1 fully saturated rings. The zero-order chi connectivity index (χ0) is 13.8. The number of aromatic nitrogens is 2. The third-order valence-corrected chi connectivity index (χ3v) is 4.25. The standard InChI is InChI=1S/C14H17N3O2S/c15-8-10-6-7-12(18-10)14-16-13(17-19-14)9-20-11-4-2-1-3-5-11/h1-5,10,12H,6-9,15H2. The molecular formula is C14H17N3O2S. The fourth-order valence-corrected chi connectivity index (χ4v) is 2.94. The Labute approximate surface area is 121 Å². The van der Waals surface area contributed by atoms with E-state index in [1.807, 2.05) is 18.2 Å². The van der Waals surface area contributed by atoms with Gasteiger partial charge in [0.25, 0.3) is 5.89 Å². The lowest BCUT2D eigenvalue weighted by atomic mass is 10.2. The fraction of sp³-hybridized carbons (Fsp3) is 0.429. The Morgan fingerprint density at radius 2 is 2.10 bits per heavy atom. The highest BCUT2D eigenvalue weighted by Gasteiger charge is 2.29. The number of thioether (sulfide) groups is 1. The number of ether oxygens (including phenoxy) is 1. The van der Waals surface area contributed by atoms with Crippen LogP contribution in [0.4, 0.5) is 0 Å². The third kappa shape index (κ3) is 3.20. The Hall–Kier alpha value is -1.37. The van der Waals surface area contributed by atoms with E-state index in [2.05, 4.69) is 22.3 Å². The topological polar surface area (TPSA) is 74.2 Å². The lowest BCUT2D eigenvalue weighted by Gasteiger charge is -2.07. The van der Waals surface area contributed by atoms with Crippen LogP contribution in [0.3, 0.4) is 0 Å². The molecule has 2 unspecified atom stereocenters. The molecule has 106 valence electrons. The highest BCUT2D eigenvalue weighted by atomic mass is 32.2. The van der Waals surface area contributed by atoms with Gasteiger partial charge in [0.2, 0.25) is 0 Å². The molecular weight excluding hydrogens is 274 g/mol. The summed E-state index contributed by atoms with van der Waals surface area (Å²) in [6.45, 7) is 0.543. The summed E-state index contributed by atoms with van der Waals surface area (Å²) in [5.74, 6) is 1.97. The van der Waals surface area contributed by atoms with Gasteiger partial charge in [-0.05, 0) is 25.0 Å². The first-order chi connectivity index (χ1) is 9.85. The van der Waals surface area contributed by atoms with Crippen molar-refractivity contribution < 1.29 is 9.26 Å². The molecule has 1 aromatic carbocycles. The van der Waals surface area contributed by atoms with E-state index in [1.54, 1.807) is 11.8 Å². The van der Waals surface area contributed by atoms with Crippen molar-refractivity contribution in [2.45, 2.75) is 35.7 Å². The number of hydrogen-bond donors (Lipinski definition) is 1.